The molecule has 1 aliphatic rings. The number of hydrogen-bond donors (Lipinski definition) is 2. The lowest BCUT2D eigenvalue weighted by Gasteiger charge is -2.29. The van der Waals surface area contributed by atoms with Crippen LogP contribution < -0.4 is 15.4 Å². The molecule has 2 amide bonds. The fourth-order valence-electron chi connectivity index (χ4n) is 2.39. The van der Waals surface area contributed by atoms with Crippen LogP contribution in [0.4, 0.5) is 4.79 Å². The van der Waals surface area contributed by atoms with Gasteiger partial charge in [-0.15, -0.1) is 0 Å². The van der Waals surface area contributed by atoms with E-state index < -0.39 is 12.0 Å². The number of ether oxygens (including phenoxy) is 2. The molecule has 0 aromatic heterocycles. The Hall–Kier alpha value is -2.50. The van der Waals surface area contributed by atoms with E-state index in [-0.39, 0.29) is 12.1 Å². The zero-order valence-electron chi connectivity index (χ0n) is 13.1. The van der Waals surface area contributed by atoms with E-state index in [0.717, 1.165) is 0 Å². The Morgan fingerprint density at radius 3 is 2.59 bits per heavy atom. The second kappa shape index (κ2) is 6.51. The predicted molar refractivity (Wildman–Crippen MR) is 81.3 cm³/mol. The van der Waals surface area contributed by atoms with Gasteiger partial charge in [0.25, 0.3) is 0 Å². The zero-order valence-corrected chi connectivity index (χ0v) is 13.1. The van der Waals surface area contributed by atoms with E-state index in [0.29, 0.717) is 22.6 Å². The molecule has 0 radical (unpaired) electrons. The van der Waals surface area contributed by atoms with Crippen molar-refractivity contribution in [3.05, 3.63) is 41.1 Å². The summed E-state index contributed by atoms with van der Waals surface area (Å²) in [5, 5.41) is 5.35. The summed E-state index contributed by atoms with van der Waals surface area (Å²) < 4.78 is 10.6. The van der Waals surface area contributed by atoms with Gasteiger partial charge in [-0.3, -0.25) is 0 Å². The third-order valence-electron chi connectivity index (χ3n) is 3.27. The molecule has 2 N–H and O–H groups in total. The van der Waals surface area contributed by atoms with Gasteiger partial charge in [0.05, 0.1) is 24.8 Å². The highest BCUT2D eigenvalue weighted by atomic mass is 16.5. The number of benzene rings is 1. The van der Waals surface area contributed by atoms with Crippen LogP contribution >= 0.6 is 0 Å². The highest BCUT2D eigenvalue weighted by Gasteiger charge is 2.33. The van der Waals surface area contributed by atoms with Crippen molar-refractivity contribution in [1.29, 1.82) is 0 Å². The maximum atomic E-state index is 12.1. The van der Waals surface area contributed by atoms with E-state index >= 15 is 0 Å². The summed E-state index contributed by atoms with van der Waals surface area (Å²) in [7, 11) is 1.31. The van der Waals surface area contributed by atoms with Gasteiger partial charge >= 0.3 is 12.0 Å². The van der Waals surface area contributed by atoms with Crippen molar-refractivity contribution in [1.82, 2.24) is 10.6 Å². The highest BCUT2D eigenvalue weighted by Crippen LogP contribution is 2.33. The first-order chi connectivity index (χ1) is 10.4. The number of allylic oxidation sites excluding steroid dienone is 1. The minimum absolute atomic E-state index is 0.0229. The topological polar surface area (TPSA) is 76.7 Å². The van der Waals surface area contributed by atoms with Gasteiger partial charge in [-0.1, -0.05) is 18.2 Å². The van der Waals surface area contributed by atoms with Crippen molar-refractivity contribution >= 4 is 12.0 Å². The van der Waals surface area contributed by atoms with Gasteiger partial charge in [-0.25, -0.2) is 9.59 Å². The number of hydrogen-bond acceptors (Lipinski definition) is 4. The summed E-state index contributed by atoms with van der Waals surface area (Å²) in [6, 6.07) is 6.34. The molecule has 1 aliphatic heterocycles. The first kappa shape index (κ1) is 15.9. The van der Waals surface area contributed by atoms with E-state index in [1.54, 1.807) is 6.92 Å². The van der Waals surface area contributed by atoms with Crippen molar-refractivity contribution in [3.8, 4) is 5.75 Å². The molecule has 118 valence electrons. The number of carbonyl (C=O) groups excluding carboxylic acids is 2. The molecule has 1 aromatic rings. The van der Waals surface area contributed by atoms with Crippen LogP contribution in [0.3, 0.4) is 0 Å². The number of urea groups is 1. The fourth-order valence-corrected chi connectivity index (χ4v) is 2.39. The molecule has 0 aliphatic carbocycles. The number of amides is 2. The molecular formula is C16H20N2O4. The first-order valence-corrected chi connectivity index (χ1v) is 7.06. The smallest absolute Gasteiger partial charge is 0.337 e. The van der Waals surface area contributed by atoms with Crippen LogP contribution in [0.5, 0.6) is 5.75 Å². The zero-order chi connectivity index (χ0) is 16.3. The molecule has 0 saturated carbocycles. The van der Waals surface area contributed by atoms with Gasteiger partial charge < -0.3 is 20.1 Å². The average molecular weight is 304 g/mol. The lowest BCUT2D eigenvalue weighted by molar-refractivity contribution is -0.136. The third kappa shape index (κ3) is 3.21. The second-order valence-electron chi connectivity index (χ2n) is 5.27. The third-order valence-corrected chi connectivity index (χ3v) is 3.27. The molecular weight excluding hydrogens is 284 g/mol. The molecule has 0 bridgehead atoms. The highest BCUT2D eigenvalue weighted by molar-refractivity contribution is 5.95. The van der Waals surface area contributed by atoms with Crippen LogP contribution in [0.25, 0.3) is 0 Å². The van der Waals surface area contributed by atoms with Crippen molar-refractivity contribution in [3.63, 3.8) is 0 Å². The van der Waals surface area contributed by atoms with E-state index in [2.05, 4.69) is 10.6 Å². The summed E-state index contributed by atoms with van der Waals surface area (Å²) in [6.07, 6.45) is -0.0229. The Bertz CT molecular complexity index is 622. The molecule has 0 unspecified atom stereocenters. The molecule has 1 aromatic carbocycles. The van der Waals surface area contributed by atoms with Gasteiger partial charge in [0.2, 0.25) is 0 Å². The molecule has 1 atom stereocenters. The van der Waals surface area contributed by atoms with Gasteiger partial charge in [-0.2, -0.15) is 0 Å². The van der Waals surface area contributed by atoms with E-state index in [1.165, 1.54) is 7.11 Å². The maximum Gasteiger partial charge on any atom is 0.337 e. The Labute approximate surface area is 129 Å². The van der Waals surface area contributed by atoms with Crippen LogP contribution in [-0.4, -0.2) is 25.2 Å². The van der Waals surface area contributed by atoms with Gasteiger partial charge in [0.1, 0.15) is 5.75 Å². The van der Waals surface area contributed by atoms with E-state index in [4.69, 9.17) is 9.47 Å². The summed E-state index contributed by atoms with van der Waals surface area (Å²) in [5.41, 5.74) is 1.55. The van der Waals surface area contributed by atoms with Gasteiger partial charge in [0.15, 0.2) is 0 Å². The number of nitrogens with one attached hydrogen (secondary N) is 2. The van der Waals surface area contributed by atoms with Gasteiger partial charge in [0, 0.05) is 11.3 Å². The quantitative estimate of drug-likeness (QED) is 0.837. The van der Waals surface area contributed by atoms with Crippen molar-refractivity contribution < 1.29 is 19.1 Å². The largest absolute Gasteiger partial charge is 0.491 e. The number of methoxy groups -OCH3 is 1. The first-order valence-electron chi connectivity index (χ1n) is 7.06. The minimum Gasteiger partial charge on any atom is -0.491 e. The fraction of sp³-hybridized carbons (Fsp3) is 0.375. The van der Waals surface area contributed by atoms with Crippen molar-refractivity contribution in [2.24, 2.45) is 0 Å². The predicted octanol–water partition coefficient (Wildman–Crippen LogP) is 2.27. The SMILES string of the molecule is COC(=O)C1=C(C)NC(=O)N[C@H]1c1ccccc1OC(C)C. The molecule has 0 fully saturated rings. The monoisotopic (exact) mass is 304 g/mol. The van der Waals surface area contributed by atoms with Crippen LogP contribution in [-0.2, 0) is 9.53 Å². The summed E-state index contributed by atoms with van der Waals surface area (Å²) in [6.45, 7) is 5.50. The van der Waals surface area contributed by atoms with Gasteiger partial charge in [-0.05, 0) is 26.8 Å². The molecule has 0 spiro atoms. The molecule has 6 heteroatoms. The van der Waals surface area contributed by atoms with Crippen molar-refractivity contribution in [2.75, 3.05) is 7.11 Å². The molecule has 22 heavy (non-hydrogen) atoms. The van der Waals surface area contributed by atoms with Crippen molar-refractivity contribution in [2.45, 2.75) is 32.9 Å². The van der Waals surface area contributed by atoms with Crippen LogP contribution in [0.2, 0.25) is 0 Å². The standard InChI is InChI=1S/C16H20N2O4/c1-9(2)22-12-8-6-5-7-11(12)14-13(15(19)21-4)10(3)17-16(20)18-14/h5-9,14H,1-4H3,(H2,17,18,20)/t14-/m0/s1. The molecule has 2 rings (SSSR count). The molecule has 6 nitrogen and oxygen atoms in total. The second-order valence-corrected chi connectivity index (χ2v) is 5.27. The molecule has 0 saturated heterocycles. The lowest BCUT2D eigenvalue weighted by Crippen LogP contribution is -2.45. The normalized spacial score (nSPS) is 17.9. The summed E-state index contributed by atoms with van der Waals surface area (Å²) in [4.78, 5) is 23.9. The number of carbonyl (C=O) groups is 2. The van der Waals surface area contributed by atoms with Crippen LogP contribution in [0.1, 0.15) is 32.4 Å². The Morgan fingerprint density at radius 2 is 1.95 bits per heavy atom. The van der Waals surface area contributed by atoms with E-state index in [9.17, 15) is 9.59 Å². The Kier molecular flexibility index (Phi) is 4.70. The Morgan fingerprint density at radius 1 is 1.27 bits per heavy atom. The number of rotatable bonds is 4. The van der Waals surface area contributed by atoms with Crippen LogP contribution in [0.15, 0.2) is 35.5 Å². The summed E-state index contributed by atoms with van der Waals surface area (Å²) >= 11 is 0. The number of esters is 1. The summed E-state index contributed by atoms with van der Waals surface area (Å²) in [5.74, 6) is 0.133. The number of para-hydroxylation sites is 1. The van der Waals surface area contributed by atoms with E-state index in [1.807, 2.05) is 38.1 Å². The molecule has 1 heterocycles. The lowest BCUT2D eigenvalue weighted by atomic mass is 9.95. The van der Waals surface area contributed by atoms with Crippen LogP contribution in [0, 0.1) is 0 Å². The minimum atomic E-state index is -0.615. The average Bonchev–Trinajstić information content (AvgIpc) is 2.45. The Balaban J connectivity index is 2.51. The maximum absolute atomic E-state index is 12.1.